The Morgan fingerprint density at radius 1 is 1.41 bits per heavy atom. The second-order valence-corrected chi connectivity index (χ2v) is 11.6. The third-order valence-electron chi connectivity index (χ3n) is 6.08. The summed E-state index contributed by atoms with van der Waals surface area (Å²) in [6.07, 6.45) is -1.31. The van der Waals surface area contributed by atoms with Crippen molar-refractivity contribution in [2.45, 2.75) is 50.9 Å². The van der Waals surface area contributed by atoms with Crippen molar-refractivity contribution in [2.75, 3.05) is 18.5 Å². The Bertz CT molecular complexity index is 1660. The maximum Gasteiger partial charge on any atom is 0.380 e. The molecule has 6 atom stereocenters. The minimum absolute atomic E-state index is 0.0140. The molecule has 1 aliphatic heterocycles. The number of nitrogen functional groups attached to an aromatic ring is 1. The number of hydrogen-bond donors (Lipinski definition) is 4. The number of ether oxygens (including phenoxy) is 2. The number of nitrogens with two attached hydrogens (primary N) is 1. The molecule has 0 spiro atoms. The monoisotopic (exact) mass is 594 g/mol. The van der Waals surface area contributed by atoms with Crippen LogP contribution >= 0.6 is 7.60 Å². The number of benzene rings is 1. The largest absolute Gasteiger partial charge is 0.463 e. The molecular weight excluding hydrogens is 562 g/mol. The van der Waals surface area contributed by atoms with Gasteiger partial charge in [0.1, 0.15) is 23.3 Å². The van der Waals surface area contributed by atoms with Crippen LogP contribution in [0.3, 0.4) is 0 Å². The van der Waals surface area contributed by atoms with Crippen LogP contribution in [0.2, 0.25) is 0 Å². The number of carbonyl (C=O) groups is 1. The fourth-order valence-corrected chi connectivity index (χ4v) is 5.87. The molecular formula is C26H30FN4O9P. The highest BCUT2D eigenvalue weighted by atomic mass is 31.2. The van der Waals surface area contributed by atoms with E-state index in [2.05, 4.69) is 9.97 Å². The number of para-hydroxylation sites is 1. The smallest absolute Gasteiger partial charge is 0.380 e. The molecule has 2 aromatic heterocycles. The summed E-state index contributed by atoms with van der Waals surface area (Å²) in [6.45, 7) is 1.38. The minimum Gasteiger partial charge on any atom is -0.463 e. The van der Waals surface area contributed by atoms with Crippen LogP contribution < -0.4 is 15.8 Å². The summed E-state index contributed by atoms with van der Waals surface area (Å²) >= 11 is 0. The number of nitrogens with zero attached hydrogens (tertiary/aromatic N) is 2. The van der Waals surface area contributed by atoms with Gasteiger partial charge in [-0.2, -0.15) is 4.98 Å². The molecule has 0 radical (unpaired) electrons. The molecule has 1 aliphatic rings. The van der Waals surface area contributed by atoms with E-state index in [-0.39, 0.29) is 5.75 Å². The van der Waals surface area contributed by atoms with Crippen molar-refractivity contribution in [3.8, 4) is 18.1 Å². The van der Waals surface area contributed by atoms with E-state index in [4.69, 9.17) is 33.4 Å². The van der Waals surface area contributed by atoms with Crippen LogP contribution in [-0.2, 0) is 23.4 Å². The molecule has 5 N–H and O–H groups in total. The number of H-pyrrole nitrogens is 1. The van der Waals surface area contributed by atoms with Crippen LogP contribution in [0.4, 0.5) is 10.3 Å². The van der Waals surface area contributed by atoms with E-state index in [0.717, 1.165) is 4.57 Å². The average molecular weight is 595 g/mol. The quantitative estimate of drug-likeness (QED) is 0.153. The topological polar surface area (TPSA) is 188 Å². The lowest BCUT2D eigenvalue weighted by Gasteiger charge is -2.26. The number of hydrogen-bond acceptors (Lipinski definition) is 11. The molecule has 4 rings (SSSR count). The number of terminal acetylenes is 1. The van der Waals surface area contributed by atoms with Crippen LogP contribution in [0.25, 0.3) is 11.0 Å². The van der Waals surface area contributed by atoms with Crippen LogP contribution in [0.5, 0.6) is 5.75 Å². The van der Waals surface area contributed by atoms with E-state index in [1.165, 1.54) is 19.1 Å². The third kappa shape index (κ3) is 6.14. The Labute approximate surface area is 236 Å². The first-order valence-corrected chi connectivity index (χ1v) is 14.1. The van der Waals surface area contributed by atoms with Crippen molar-refractivity contribution in [1.82, 2.24) is 14.5 Å². The number of esters is 1. The highest BCUT2D eigenvalue weighted by molar-refractivity contribution is 7.54. The number of aromatic amines is 1. The second-order valence-electron chi connectivity index (χ2n) is 9.65. The summed E-state index contributed by atoms with van der Waals surface area (Å²) < 4.78 is 68.6. The number of nitrogens with one attached hydrogen (secondary N) is 1. The maximum atomic E-state index is 14.8. The zero-order chi connectivity index (χ0) is 31.9. The van der Waals surface area contributed by atoms with Gasteiger partial charge in [0.15, 0.2) is 23.3 Å². The molecule has 3 aromatic rings. The Morgan fingerprint density at radius 3 is 2.73 bits per heavy atom. The van der Waals surface area contributed by atoms with Gasteiger partial charge in [0, 0.05) is 6.20 Å². The van der Waals surface area contributed by atoms with Gasteiger partial charge >= 0.3 is 13.6 Å². The summed E-state index contributed by atoms with van der Waals surface area (Å²) in [5.74, 6) is -1.44. The lowest BCUT2D eigenvalue weighted by Crippen LogP contribution is -2.46. The number of anilines is 1. The standard InChI is InChI=1S/C26H30FN4O9P/c1-5-26(35)20(32)18(39-24(26)31-11-17(27)19-21(31)29-25(28)30-22(19)33)12-37-41(36,40-16-9-7-6-8-10-16)13-15(4)23(34)38-14(2)3/h1,6-11,14-15,18,20,24,32,35H,12-13H2,2-4H3,(H3,28,29,30,33)/t15-,18-,20+,24-,26?,41+/m1/s1/i12D2. The Balaban J connectivity index is 1.71. The Morgan fingerprint density at radius 2 is 2.10 bits per heavy atom. The number of aliphatic hydroxyl groups excluding tert-OH is 1. The molecule has 15 heteroatoms. The normalized spacial score (nSPS) is 25.7. The molecule has 0 amide bonds. The second kappa shape index (κ2) is 11.6. The fourth-order valence-electron chi connectivity index (χ4n) is 4.15. The first kappa shape index (κ1) is 27.4. The number of rotatable bonds is 10. The Hall–Kier alpha value is -3.73. The van der Waals surface area contributed by atoms with E-state index in [0.29, 0.717) is 6.20 Å². The first-order valence-electron chi connectivity index (χ1n) is 13.4. The van der Waals surface area contributed by atoms with Gasteiger partial charge in [-0.05, 0) is 26.0 Å². The van der Waals surface area contributed by atoms with Gasteiger partial charge in [-0.15, -0.1) is 6.42 Å². The van der Waals surface area contributed by atoms with E-state index < -0.39 is 90.7 Å². The summed E-state index contributed by atoms with van der Waals surface area (Å²) in [4.78, 5) is 30.8. The third-order valence-corrected chi connectivity index (χ3v) is 7.94. The first-order chi connectivity index (χ1) is 20.0. The summed E-state index contributed by atoms with van der Waals surface area (Å²) in [5, 5.41) is 21.8. The molecule has 1 aromatic carbocycles. The fraction of sp³-hybridized carbons (Fsp3) is 0.423. The van der Waals surface area contributed by atoms with Gasteiger partial charge in [0.05, 0.1) is 27.5 Å². The molecule has 13 nitrogen and oxygen atoms in total. The highest BCUT2D eigenvalue weighted by Gasteiger charge is 2.56. The van der Waals surface area contributed by atoms with Gasteiger partial charge in [-0.3, -0.25) is 23.7 Å². The van der Waals surface area contributed by atoms with Crippen molar-refractivity contribution in [2.24, 2.45) is 5.92 Å². The van der Waals surface area contributed by atoms with Gasteiger partial charge in [-0.25, -0.2) is 8.96 Å². The van der Waals surface area contributed by atoms with Crippen molar-refractivity contribution >= 4 is 30.5 Å². The summed E-state index contributed by atoms with van der Waals surface area (Å²) in [5.41, 5.74) is 1.45. The van der Waals surface area contributed by atoms with E-state index in [1.807, 2.05) is 5.92 Å². The highest BCUT2D eigenvalue weighted by Crippen LogP contribution is 2.51. The lowest BCUT2D eigenvalue weighted by molar-refractivity contribution is -0.151. The summed E-state index contributed by atoms with van der Waals surface area (Å²) in [7, 11) is -4.63. The van der Waals surface area contributed by atoms with E-state index >= 15 is 0 Å². The molecule has 3 heterocycles. The predicted octanol–water partition coefficient (Wildman–Crippen LogP) is 1.94. The van der Waals surface area contributed by atoms with Crippen LogP contribution in [-0.4, -0.2) is 67.4 Å². The zero-order valence-corrected chi connectivity index (χ0v) is 23.1. The van der Waals surface area contributed by atoms with Crippen LogP contribution in [0.1, 0.15) is 29.7 Å². The van der Waals surface area contributed by atoms with Gasteiger partial charge < -0.3 is 29.9 Å². The van der Waals surface area contributed by atoms with E-state index in [9.17, 15) is 28.8 Å². The zero-order valence-electron chi connectivity index (χ0n) is 24.2. The molecule has 1 unspecified atom stereocenters. The van der Waals surface area contributed by atoms with Crippen LogP contribution in [0.15, 0.2) is 41.3 Å². The average Bonchev–Trinajstić information content (AvgIpc) is 3.37. The van der Waals surface area contributed by atoms with Gasteiger partial charge in [0.2, 0.25) is 5.95 Å². The maximum absolute atomic E-state index is 14.8. The van der Waals surface area contributed by atoms with Crippen molar-refractivity contribution in [3.63, 3.8) is 0 Å². The minimum atomic E-state index is -4.63. The molecule has 0 bridgehead atoms. The van der Waals surface area contributed by atoms with Crippen molar-refractivity contribution < 1.29 is 45.2 Å². The SMILES string of the molecule is [2H]C([2H])(O[P@@](=O)(C[C@@H](C)C(=O)OC(C)C)Oc1ccccc1)[C@H]1O[C@@H](n2cc(F)c3c(=O)[nH]c(N)nc32)C(O)(C#C)[C@H]1O. The molecule has 0 saturated carbocycles. The van der Waals surface area contributed by atoms with Crippen LogP contribution in [0, 0.1) is 24.1 Å². The molecule has 0 aliphatic carbocycles. The molecule has 1 saturated heterocycles. The Kier molecular flexibility index (Phi) is 7.79. The number of fused-ring (bicyclic) bond motifs is 1. The number of carbonyl (C=O) groups excluding carboxylic acids is 1. The summed E-state index contributed by atoms with van der Waals surface area (Å²) in [6, 6.07) is 7.59. The van der Waals surface area contributed by atoms with Gasteiger partial charge in [0.25, 0.3) is 5.56 Å². The lowest BCUT2D eigenvalue weighted by atomic mass is 9.95. The number of halogens is 1. The van der Waals surface area contributed by atoms with E-state index in [1.54, 1.807) is 32.0 Å². The van der Waals surface area contributed by atoms with Crippen molar-refractivity contribution in [1.29, 1.82) is 0 Å². The number of aromatic nitrogens is 3. The van der Waals surface area contributed by atoms with Crippen molar-refractivity contribution in [3.05, 3.63) is 52.7 Å². The number of aliphatic hydroxyl groups is 2. The molecule has 220 valence electrons. The predicted molar refractivity (Wildman–Crippen MR) is 144 cm³/mol. The molecule has 41 heavy (non-hydrogen) atoms. The molecule has 1 fully saturated rings. The van der Waals surface area contributed by atoms with Gasteiger partial charge in [-0.1, -0.05) is 31.0 Å².